The zero-order valence-corrected chi connectivity index (χ0v) is 16.1. The Labute approximate surface area is 170 Å². The van der Waals surface area contributed by atoms with E-state index in [0.29, 0.717) is 31.0 Å². The van der Waals surface area contributed by atoms with E-state index < -0.39 is 12.5 Å². The van der Waals surface area contributed by atoms with Gasteiger partial charge in [0.2, 0.25) is 11.7 Å². The van der Waals surface area contributed by atoms with Crippen molar-refractivity contribution in [2.24, 2.45) is 0 Å². The van der Waals surface area contributed by atoms with Crippen LogP contribution < -0.4 is 4.74 Å². The van der Waals surface area contributed by atoms with Crippen molar-refractivity contribution >= 4 is 0 Å². The van der Waals surface area contributed by atoms with E-state index in [2.05, 4.69) is 19.8 Å². The fourth-order valence-corrected chi connectivity index (χ4v) is 3.53. The minimum absolute atomic E-state index is 0.240. The normalized spacial score (nSPS) is 19.9. The van der Waals surface area contributed by atoms with Crippen LogP contribution in [0.5, 0.6) is 5.75 Å². The van der Waals surface area contributed by atoms with Crippen molar-refractivity contribution < 1.29 is 27.5 Å². The number of aliphatic hydroxyl groups is 1. The highest BCUT2D eigenvalue weighted by molar-refractivity contribution is 5.55. The van der Waals surface area contributed by atoms with Crippen molar-refractivity contribution in [2.75, 3.05) is 6.54 Å². The van der Waals surface area contributed by atoms with E-state index in [-0.39, 0.29) is 17.6 Å². The van der Waals surface area contributed by atoms with Gasteiger partial charge in [0.1, 0.15) is 5.75 Å². The molecule has 6 nitrogen and oxygen atoms in total. The molecule has 30 heavy (non-hydrogen) atoms. The molecule has 4 rings (SSSR count). The van der Waals surface area contributed by atoms with Crippen LogP contribution in [0, 0.1) is 6.92 Å². The maximum atomic E-state index is 12.3. The zero-order chi connectivity index (χ0) is 21.3. The van der Waals surface area contributed by atoms with Crippen molar-refractivity contribution in [1.82, 2.24) is 15.0 Å². The molecule has 2 unspecified atom stereocenters. The van der Waals surface area contributed by atoms with Crippen LogP contribution in [0.3, 0.4) is 0 Å². The van der Waals surface area contributed by atoms with E-state index >= 15 is 0 Å². The monoisotopic (exact) mass is 419 g/mol. The van der Waals surface area contributed by atoms with Gasteiger partial charge in [-0.3, -0.25) is 4.90 Å². The Hall–Kier alpha value is -2.91. The summed E-state index contributed by atoms with van der Waals surface area (Å²) in [4.78, 5) is 6.49. The molecule has 9 heteroatoms. The van der Waals surface area contributed by atoms with Crippen molar-refractivity contribution in [2.45, 2.75) is 38.4 Å². The number of aliphatic hydroxyl groups excluding tert-OH is 1. The third kappa shape index (κ3) is 4.80. The summed E-state index contributed by atoms with van der Waals surface area (Å²) in [6.45, 7) is 3.14. The van der Waals surface area contributed by atoms with E-state index in [0.717, 1.165) is 5.56 Å². The molecule has 0 amide bonds. The van der Waals surface area contributed by atoms with Gasteiger partial charge in [-0.25, -0.2) is 0 Å². The smallest absolute Gasteiger partial charge is 0.406 e. The Bertz CT molecular complexity index is 987. The topological polar surface area (TPSA) is 71.6 Å². The van der Waals surface area contributed by atoms with Crippen LogP contribution in [0.2, 0.25) is 0 Å². The van der Waals surface area contributed by atoms with Gasteiger partial charge in [-0.15, -0.1) is 13.2 Å². The lowest BCUT2D eigenvalue weighted by Gasteiger charge is -2.21. The first-order chi connectivity index (χ1) is 14.3. The number of benzene rings is 2. The quantitative estimate of drug-likeness (QED) is 0.667. The molecule has 0 aliphatic carbocycles. The number of alkyl halides is 3. The van der Waals surface area contributed by atoms with Crippen LogP contribution in [-0.2, 0) is 6.54 Å². The van der Waals surface area contributed by atoms with Gasteiger partial charge in [0.15, 0.2) is 0 Å². The van der Waals surface area contributed by atoms with Gasteiger partial charge in [0, 0.05) is 18.7 Å². The number of halogens is 3. The second kappa shape index (κ2) is 8.08. The summed E-state index contributed by atoms with van der Waals surface area (Å²) < 4.78 is 46.2. The molecule has 2 atom stereocenters. The van der Waals surface area contributed by atoms with Gasteiger partial charge in [0.05, 0.1) is 12.1 Å². The maximum absolute atomic E-state index is 12.3. The van der Waals surface area contributed by atoms with Crippen LogP contribution in [0.1, 0.15) is 29.5 Å². The van der Waals surface area contributed by atoms with E-state index in [1.54, 1.807) is 0 Å². The molecule has 0 radical (unpaired) electrons. The Morgan fingerprint density at radius 2 is 1.83 bits per heavy atom. The molecule has 3 aromatic rings. The number of aromatic nitrogens is 2. The number of likely N-dealkylation sites (tertiary alicyclic amines) is 1. The summed E-state index contributed by atoms with van der Waals surface area (Å²) in [5, 5.41) is 14.1. The summed E-state index contributed by atoms with van der Waals surface area (Å²) >= 11 is 0. The van der Waals surface area contributed by atoms with Crippen molar-refractivity contribution in [3.63, 3.8) is 0 Å². The molecule has 1 fully saturated rings. The summed E-state index contributed by atoms with van der Waals surface area (Å²) in [5.74, 6) is 0.308. The van der Waals surface area contributed by atoms with Gasteiger partial charge in [-0.05, 0) is 43.2 Å². The Morgan fingerprint density at radius 3 is 2.50 bits per heavy atom. The highest BCUT2D eigenvalue weighted by Crippen LogP contribution is 2.34. The molecule has 158 valence electrons. The Morgan fingerprint density at radius 1 is 1.13 bits per heavy atom. The van der Waals surface area contributed by atoms with E-state index in [4.69, 9.17) is 4.52 Å². The SMILES string of the molecule is Cc1ccc(CN2CC(O)CC2c2nc(-c3ccc(OC(F)(F)F)cc3)no2)cc1. The molecule has 1 N–H and O–H groups in total. The lowest BCUT2D eigenvalue weighted by atomic mass is 10.1. The highest BCUT2D eigenvalue weighted by Gasteiger charge is 2.36. The first-order valence-corrected chi connectivity index (χ1v) is 9.44. The van der Waals surface area contributed by atoms with Crippen LogP contribution in [0.4, 0.5) is 13.2 Å². The molecule has 1 aromatic heterocycles. The Balaban J connectivity index is 1.49. The highest BCUT2D eigenvalue weighted by atomic mass is 19.4. The van der Waals surface area contributed by atoms with Crippen molar-refractivity contribution in [3.05, 3.63) is 65.5 Å². The van der Waals surface area contributed by atoms with Gasteiger partial charge in [-0.1, -0.05) is 35.0 Å². The van der Waals surface area contributed by atoms with Gasteiger partial charge in [-0.2, -0.15) is 4.98 Å². The van der Waals surface area contributed by atoms with Crippen LogP contribution in [0.25, 0.3) is 11.4 Å². The number of aryl methyl sites for hydroxylation is 1. The summed E-state index contributed by atoms with van der Waals surface area (Å²) in [6, 6.07) is 13.2. The van der Waals surface area contributed by atoms with Crippen molar-refractivity contribution in [1.29, 1.82) is 0 Å². The largest absolute Gasteiger partial charge is 0.573 e. The molecule has 1 saturated heterocycles. The minimum Gasteiger partial charge on any atom is -0.406 e. The lowest BCUT2D eigenvalue weighted by molar-refractivity contribution is -0.274. The summed E-state index contributed by atoms with van der Waals surface area (Å²) in [5.41, 5.74) is 2.78. The average Bonchev–Trinajstić information content (AvgIpc) is 3.30. The third-order valence-corrected chi connectivity index (χ3v) is 4.96. The maximum Gasteiger partial charge on any atom is 0.573 e. The molecular weight excluding hydrogens is 399 g/mol. The fraction of sp³-hybridized carbons (Fsp3) is 0.333. The second-order valence-electron chi connectivity index (χ2n) is 7.35. The van der Waals surface area contributed by atoms with Crippen LogP contribution >= 0.6 is 0 Å². The molecule has 0 saturated carbocycles. The number of β-amino-alcohol motifs (C(OH)–C–C–N with tert-alkyl or cyclic N) is 1. The van der Waals surface area contributed by atoms with Gasteiger partial charge >= 0.3 is 6.36 Å². The second-order valence-corrected chi connectivity index (χ2v) is 7.35. The van der Waals surface area contributed by atoms with E-state index in [9.17, 15) is 18.3 Å². The lowest BCUT2D eigenvalue weighted by Crippen LogP contribution is -2.24. The average molecular weight is 419 g/mol. The number of rotatable bonds is 5. The molecule has 2 aromatic carbocycles. The molecule has 1 aliphatic heterocycles. The summed E-state index contributed by atoms with van der Waals surface area (Å²) in [7, 11) is 0. The third-order valence-electron chi connectivity index (χ3n) is 4.96. The minimum atomic E-state index is -4.74. The van der Waals surface area contributed by atoms with E-state index in [1.165, 1.54) is 29.8 Å². The Kier molecular flexibility index (Phi) is 5.48. The number of hydrogen-bond acceptors (Lipinski definition) is 6. The molecule has 1 aliphatic rings. The first kappa shape index (κ1) is 20.4. The predicted molar refractivity (Wildman–Crippen MR) is 101 cm³/mol. The molecule has 2 heterocycles. The number of ether oxygens (including phenoxy) is 1. The van der Waals surface area contributed by atoms with Crippen molar-refractivity contribution in [3.8, 4) is 17.1 Å². The molecule has 0 bridgehead atoms. The van der Waals surface area contributed by atoms with Crippen LogP contribution in [-0.4, -0.2) is 39.2 Å². The van der Waals surface area contributed by atoms with E-state index in [1.807, 2.05) is 31.2 Å². The standard InChI is InChI=1S/C21H20F3N3O3/c1-13-2-4-14(5-3-13)11-27-12-16(28)10-18(27)20-25-19(26-30-20)15-6-8-17(9-7-15)29-21(22,23)24/h2-9,16,18,28H,10-12H2,1H3. The molecule has 0 spiro atoms. The van der Waals surface area contributed by atoms with Gasteiger partial charge < -0.3 is 14.4 Å². The molecular formula is C21H20F3N3O3. The zero-order valence-electron chi connectivity index (χ0n) is 16.1. The first-order valence-electron chi connectivity index (χ1n) is 9.44. The summed E-state index contributed by atoms with van der Waals surface area (Å²) in [6.07, 6.45) is -4.79. The number of hydrogen-bond donors (Lipinski definition) is 1. The fourth-order valence-electron chi connectivity index (χ4n) is 3.53. The number of nitrogens with zero attached hydrogens (tertiary/aromatic N) is 3. The van der Waals surface area contributed by atoms with Crippen LogP contribution in [0.15, 0.2) is 53.1 Å². The van der Waals surface area contributed by atoms with Gasteiger partial charge in [0.25, 0.3) is 0 Å². The predicted octanol–water partition coefficient (Wildman–Crippen LogP) is 4.25.